The highest BCUT2D eigenvalue weighted by Gasteiger charge is 2.06. The van der Waals surface area contributed by atoms with Crippen LogP contribution >= 0.6 is 23.4 Å². The monoisotopic (exact) mass is 317 g/mol. The highest BCUT2D eigenvalue weighted by Crippen LogP contribution is 2.29. The van der Waals surface area contributed by atoms with Crippen LogP contribution in [0.2, 0.25) is 5.02 Å². The van der Waals surface area contributed by atoms with Crippen LogP contribution in [-0.2, 0) is 20.9 Å². The van der Waals surface area contributed by atoms with Gasteiger partial charge in [0.25, 0.3) is 10.1 Å². The summed E-state index contributed by atoms with van der Waals surface area (Å²) in [4.78, 5) is 4.06. The Morgan fingerprint density at radius 3 is 2.84 bits per heavy atom. The van der Waals surface area contributed by atoms with E-state index in [-0.39, 0.29) is 6.61 Å². The van der Waals surface area contributed by atoms with Crippen molar-refractivity contribution < 1.29 is 12.6 Å². The number of halogens is 1. The van der Waals surface area contributed by atoms with E-state index in [1.54, 1.807) is 6.20 Å². The Labute approximate surface area is 121 Å². The van der Waals surface area contributed by atoms with E-state index in [2.05, 4.69) is 4.98 Å². The second-order valence-corrected chi connectivity index (χ2v) is 7.09. The standard InChI is InChI=1S/C12H12ClNO3S2/c1-19(15,16)17-8-9-5-12(14-7-9)18-11-4-2-3-10(13)6-11/h2-7,14H,8H2,1H3. The first-order valence-corrected chi connectivity index (χ1v) is 8.38. The zero-order valence-electron chi connectivity index (χ0n) is 10.1. The number of H-pyrrole nitrogens is 1. The second kappa shape index (κ2) is 6.00. The molecular formula is C12H12ClNO3S2. The van der Waals surface area contributed by atoms with Crippen LogP contribution in [0.3, 0.4) is 0 Å². The topological polar surface area (TPSA) is 59.2 Å². The Hall–Kier alpha value is -0.950. The summed E-state index contributed by atoms with van der Waals surface area (Å²) in [6.07, 6.45) is 2.75. The zero-order valence-corrected chi connectivity index (χ0v) is 12.5. The van der Waals surface area contributed by atoms with Crippen LogP contribution in [-0.4, -0.2) is 19.7 Å². The van der Waals surface area contributed by atoms with Crippen molar-refractivity contribution in [1.82, 2.24) is 4.98 Å². The molecule has 0 atom stereocenters. The number of hydrogen-bond donors (Lipinski definition) is 1. The van der Waals surface area contributed by atoms with Gasteiger partial charge in [-0.2, -0.15) is 8.42 Å². The van der Waals surface area contributed by atoms with Crippen LogP contribution in [0.4, 0.5) is 0 Å². The lowest BCUT2D eigenvalue weighted by atomic mass is 10.4. The van der Waals surface area contributed by atoms with Gasteiger partial charge in [-0.05, 0) is 29.8 Å². The van der Waals surface area contributed by atoms with Crippen LogP contribution in [0.5, 0.6) is 0 Å². The summed E-state index contributed by atoms with van der Waals surface area (Å²) in [6, 6.07) is 9.34. The van der Waals surface area contributed by atoms with E-state index in [9.17, 15) is 8.42 Å². The van der Waals surface area contributed by atoms with E-state index in [1.165, 1.54) is 11.8 Å². The average molecular weight is 318 g/mol. The van der Waals surface area contributed by atoms with Crippen LogP contribution in [0, 0.1) is 0 Å². The molecule has 0 amide bonds. The third kappa shape index (κ3) is 4.91. The maximum absolute atomic E-state index is 10.9. The minimum Gasteiger partial charge on any atom is -0.356 e. The molecule has 0 fully saturated rings. The highest BCUT2D eigenvalue weighted by molar-refractivity contribution is 7.99. The van der Waals surface area contributed by atoms with Crippen molar-refractivity contribution in [3.63, 3.8) is 0 Å². The third-order valence-electron chi connectivity index (χ3n) is 2.18. The fourth-order valence-corrected chi connectivity index (χ4v) is 2.91. The molecular weight excluding hydrogens is 306 g/mol. The lowest BCUT2D eigenvalue weighted by molar-refractivity contribution is 0.312. The molecule has 2 rings (SSSR count). The molecule has 2 aromatic rings. The van der Waals surface area contributed by atoms with Crippen molar-refractivity contribution >= 4 is 33.5 Å². The summed E-state index contributed by atoms with van der Waals surface area (Å²) in [5, 5.41) is 1.58. The lowest BCUT2D eigenvalue weighted by Gasteiger charge is -1.99. The molecule has 7 heteroatoms. The smallest absolute Gasteiger partial charge is 0.264 e. The Balaban J connectivity index is 2.01. The van der Waals surface area contributed by atoms with Gasteiger partial charge in [0, 0.05) is 16.1 Å². The van der Waals surface area contributed by atoms with Crippen molar-refractivity contribution in [3.8, 4) is 0 Å². The van der Waals surface area contributed by atoms with Gasteiger partial charge in [0.2, 0.25) is 0 Å². The van der Waals surface area contributed by atoms with Gasteiger partial charge in [0.05, 0.1) is 17.9 Å². The van der Waals surface area contributed by atoms with Crippen LogP contribution in [0.25, 0.3) is 0 Å². The van der Waals surface area contributed by atoms with Crippen LogP contribution < -0.4 is 0 Å². The summed E-state index contributed by atoms with van der Waals surface area (Å²) in [6.45, 7) is 0.0332. The molecule has 19 heavy (non-hydrogen) atoms. The van der Waals surface area contributed by atoms with Crippen molar-refractivity contribution in [1.29, 1.82) is 0 Å². The van der Waals surface area contributed by atoms with Gasteiger partial charge in [0.1, 0.15) is 0 Å². The van der Waals surface area contributed by atoms with Crippen molar-refractivity contribution in [2.45, 2.75) is 16.5 Å². The molecule has 4 nitrogen and oxygen atoms in total. The zero-order chi connectivity index (χ0) is 13.9. The Bertz CT molecular complexity index is 667. The van der Waals surface area contributed by atoms with E-state index in [0.29, 0.717) is 5.02 Å². The van der Waals surface area contributed by atoms with Crippen molar-refractivity contribution in [3.05, 3.63) is 47.1 Å². The summed E-state index contributed by atoms with van der Waals surface area (Å²) in [5.74, 6) is 0. The van der Waals surface area contributed by atoms with E-state index in [1.807, 2.05) is 30.3 Å². The molecule has 1 aromatic heterocycles. The summed E-state index contributed by atoms with van der Waals surface area (Å²) >= 11 is 7.42. The average Bonchev–Trinajstić information content (AvgIpc) is 2.73. The largest absolute Gasteiger partial charge is 0.356 e. The Morgan fingerprint density at radius 1 is 1.37 bits per heavy atom. The van der Waals surface area contributed by atoms with Gasteiger partial charge in [-0.25, -0.2) is 0 Å². The molecule has 0 aliphatic heterocycles. The van der Waals surface area contributed by atoms with Gasteiger partial charge >= 0.3 is 0 Å². The number of rotatable bonds is 5. The molecule has 102 valence electrons. The third-order valence-corrected chi connectivity index (χ3v) is 3.91. The second-order valence-electron chi connectivity index (χ2n) is 3.90. The predicted molar refractivity (Wildman–Crippen MR) is 76.0 cm³/mol. The number of hydrogen-bond acceptors (Lipinski definition) is 4. The van der Waals surface area contributed by atoms with E-state index in [0.717, 1.165) is 21.7 Å². The number of benzene rings is 1. The molecule has 1 N–H and O–H groups in total. The van der Waals surface area contributed by atoms with Gasteiger partial charge in [-0.15, -0.1) is 0 Å². The molecule has 0 unspecified atom stereocenters. The van der Waals surface area contributed by atoms with Crippen molar-refractivity contribution in [2.24, 2.45) is 0 Å². The van der Waals surface area contributed by atoms with Crippen LogP contribution in [0.15, 0.2) is 46.5 Å². The molecule has 0 spiro atoms. The number of nitrogens with one attached hydrogen (secondary N) is 1. The molecule has 0 bridgehead atoms. The fraction of sp³-hybridized carbons (Fsp3) is 0.167. The normalized spacial score (nSPS) is 11.7. The van der Waals surface area contributed by atoms with Gasteiger partial charge in [0.15, 0.2) is 0 Å². The van der Waals surface area contributed by atoms with Gasteiger partial charge < -0.3 is 4.98 Å². The van der Waals surface area contributed by atoms with Crippen molar-refractivity contribution in [2.75, 3.05) is 6.26 Å². The fourth-order valence-electron chi connectivity index (χ4n) is 1.39. The first-order chi connectivity index (χ1) is 8.92. The maximum atomic E-state index is 10.9. The highest BCUT2D eigenvalue weighted by atomic mass is 35.5. The molecule has 0 saturated carbocycles. The Kier molecular flexibility index (Phi) is 4.57. The summed E-state index contributed by atoms with van der Waals surface area (Å²) in [7, 11) is -3.42. The van der Waals surface area contributed by atoms with E-state index < -0.39 is 10.1 Å². The molecule has 0 aliphatic rings. The first-order valence-electron chi connectivity index (χ1n) is 5.37. The van der Waals surface area contributed by atoms with E-state index in [4.69, 9.17) is 15.8 Å². The SMILES string of the molecule is CS(=O)(=O)OCc1c[nH]c(Sc2cccc(Cl)c2)c1. The van der Waals surface area contributed by atoms with Gasteiger partial charge in [-0.1, -0.05) is 29.4 Å². The maximum Gasteiger partial charge on any atom is 0.264 e. The summed E-state index contributed by atoms with van der Waals surface area (Å²) in [5.41, 5.74) is 0.773. The van der Waals surface area contributed by atoms with Gasteiger partial charge in [-0.3, -0.25) is 4.18 Å². The number of aromatic amines is 1. The van der Waals surface area contributed by atoms with Crippen LogP contribution in [0.1, 0.15) is 5.56 Å². The quantitative estimate of drug-likeness (QED) is 0.860. The predicted octanol–water partition coefficient (Wildman–Crippen LogP) is 3.30. The lowest BCUT2D eigenvalue weighted by Crippen LogP contribution is -2.01. The molecule has 0 saturated heterocycles. The number of aromatic nitrogens is 1. The minimum absolute atomic E-state index is 0.0332. The minimum atomic E-state index is -3.42. The Morgan fingerprint density at radius 2 is 2.16 bits per heavy atom. The molecule has 0 aliphatic carbocycles. The molecule has 0 radical (unpaired) electrons. The molecule has 1 aromatic carbocycles. The summed E-state index contributed by atoms with van der Waals surface area (Å²) < 4.78 is 26.5. The van der Waals surface area contributed by atoms with E-state index >= 15 is 0 Å². The molecule has 1 heterocycles. The first kappa shape index (κ1) is 14.5.